The number of ether oxygens (including phenoxy) is 1. The van der Waals surface area contributed by atoms with Gasteiger partial charge in [-0.15, -0.1) is 0 Å². The molecule has 1 unspecified atom stereocenters. The summed E-state index contributed by atoms with van der Waals surface area (Å²) >= 11 is 6.11. The maximum Gasteiger partial charge on any atom is 0.123 e. The molecule has 2 nitrogen and oxygen atoms in total. The van der Waals surface area contributed by atoms with E-state index in [2.05, 4.69) is 0 Å². The van der Waals surface area contributed by atoms with Gasteiger partial charge in [-0.2, -0.15) is 0 Å². The molecule has 4 heteroatoms. The molecule has 106 valence electrons. The SMILES string of the molecule is COc1ccccc1C(C)(N)Cc1cc(F)ccc1Cl. The van der Waals surface area contributed by atoms with Crippen LogP contribution in [0.5, 0.6) is 5.75 Å². The number of hydrogen-bond acceptors (Lipinski definition) is 2. The standard InChI is InChI=1S/C16H17ClFNO/c1-16(19,13-5-3-4-6-15(13)20-2)10-11-9-12(18)7-8-14(11)17/h3-9H,10,19H2,1-2H3. The Bertz CT molecular complexity index is 613. The molecular formula is C16H17ClFNO. The predicted octanol–water partition coefficient (Wildman–Crippen LogP) is 3.90. The lowest BCUT2D eigenvalue weighted by molar-refractivity contribution is 0.386. The van der Waals surface area contributed by atoms with Crippen LogP contribution in [0.15, 0.2) is 42.5 Å². The van der Waals surface area contributed by atoms with Gasteiger partial charge in [0.25, 0.3) is 0 Å². The highest BCUT2D eigenvalue weighted by atomic mass is 35.5. The van der Waals surface area contributed by atoms with Gasteiger partial charge in [0.1, 0.15) is 11.6 Å². The summed E-state index contributed by atoms with van der Waals surface area (Å²) in [6, 6.07) is 11.8. The van der Waals surface area contributed by atoms with Crippen LogP contribution in [0.1, 0.15) is 18.1 Å². The molecule has 0 heterocycles. The molecule has 0 aliphatic heterocycles. The van der Waals surface area contributed by atoms with Gasteiger partial charge in [0.15, 0.2) is 0 Å². The van der Waals surface area contributed by atoms with E-state index in [4.69, 9.17) is 22.1 Å². The minimum absolute atomic E-state index is 0.319. The molecule has 2 N–H and O–H groups in total. The Kier molecular flexibility index (Phi) is 4.31. The first-order chi connectivity index (χ1) is 9.44. The Hall–Kier alpha value is -1.58. The molecule has 0 saturated carbocycles. The number of halogens is 2. The van der Waals surface area contributed by atoms with Gasteiger partial charge in [0, 0.05) is 16.1 Å². The number of rotatable bonds is 4. The fraction of sp³-hybridized carbons (Fsp3) is 0.250. The molecule has 0 fully saturated rings. The van der Waals surface area contributed by atoms with Gasteiger partial charge in [-0.3, -0.25) is 0 Å². The van der Waals surface area contributed by atoms with Gasteiger partial charge >= 0.3 is 0 Å². The van der Waals surface area contributed by atoms with Crippen molar-refractivity contribution < 1.29 is 9.13 Å². The van der Waals surface area contributed by atoms with Crippen LogP contribution < -0.4 is 10.5 Å². The first kappa shape index (κ1) is 14.8. The van der Waals surface area contributed by atoms with Crippen molar-refractivity contribution in [1.29, 1.82) is 0 Å². The summed E-state index contributed by atoms with van der Waals surface area (Å²) in [5.74, 6) is 0.394. The van der Waals surface area contributed by atoms with Crippen LogP contribution >= 0.6 is 11.6 Å². The Balaban J connectivity index is 2.37. The zero-order chi connectivity index (χ0) is 14.8. The maximum absolute atomic E-state index is 13.3. The summed E-state index contributed by atoms with van der Waals surface area (Å²) in [6.45, 7) is 1.88. The van der Waals surface area contributed by atoms with Gasteiger partial charge in [-0.05, 0) is 43.2 Å². The van der Waals surface area contributed by atoms with Crippen LogP contribution in [0.4, 0.5) is 4.39 Å². The van der Waals surface area contributed by atoms with Crippen molar-refractivity contribution in [2.24, 2.45) is 5.73 Å². The summed E-state index contributed by atoms with van der Waals surface area (Å²) in [7, 11) is 1.60. The van der Waals surface area contributed by atoms with E-state index in [0.29, 0.717) is 22.8 Å². The normalized spacial score (nSPS) is 13.8. The lowest BCUT2D eigenvalue weighted by Gasteiger charge is -2.27. The van der Waals surface area contributed by atoms with Crippen LogP contribution in [0.2, 0.25) is 5.02 Å². The quantitative estimate of drug-likeness (QED) is 0.928. The van der Waals surface area contributed by atoms with Gasteiger partial charge in [0.05, 0.1) is 7.11 Å². The largest absolute Gasteiger partial charge is 0.496 e. The second kappa shape index (κ2) is 5.81. The number of methoxy groups -OCH3 is 1. The summed E-state index contributed by atoms with van der Waals surface area (Å²) in [4.78, 5) is 0. The van der Waals surface area contributed by atoms with Crippen molar-refractivity contribution in [3.8, 4) is 5.75 Å². The Morgan fingerprint density at radius 3 is 2.65 bits per heavy atom. The molecule has 0 aliphatic rings. The minimum Gasteiger partial charge on any atom is -0.496 e. The molecular weight excluding hydrogens is 277 g/mol. The zero-order valence-corrected chi connectivity index (χ0v) is 12.2. The van der Waals surface area contributed by atoms with E-state index in [1.165, 1.54) is 12.1 Å². The monoisotopic (exact) mass is 293 g/mol. The van der Waals surface area contributed by atoms with Gasteiger partial charge in [-0.1, -0.05) is 29.8 Å². The molecule has 0 aromatic heterocycles. The van der Waals surface area contributed by atoms with Gasteiger partial charge < -0.3 is 10.5 Å². The van der Waals surface area contributed by atoms with E-state index < -0.39 is 5.54 Å². The first-order valence-electron chi connectivity index (χ1n) is 6.30. The summed E-state index contributed by atoms with van der Waals surface area (Å²) in [5, 5.41) is 0.512. The lowest BCUT2D eigenvalue weighted by atomic mass is 9.86. The molecule has 0 amide bonds. The third-order valence-corrected chi connectivity index (χ3v) is 3.66. The Labute approximate surface area is 123 Å². The summed E-state index contributed by atoms with van der Waals surface area (Å²) in [6.07, 6.45) is 0.421. The van der Waals surface area contributed by atoms with E-state index in [-0.39, 0.29) is 5.82 Å². The molecule has 0 bridgehead atoms. The molecule has 20 heavy (non-hydrogen) atoms. The molecule has 0 saturated heterocycles. The van der Waals surface area contributed by atoms with Crippen LogP contribution in [-0.4, -0.2) is 7.11 Å². The van der Waals surface area contributed by atoms with E-state index in [1.54, 1.807) is 13.2 Å². The highest BCUT2D eigenvalue weighted by Crippen LogP contribution is 2.32. The highest BCUT2D eigenvalue weighted by Gasteiger charge is 2.26. The van der Waals surface area contributed by atoms with E-state index in [0.717, 1.165) is 5.56 Å². The van der Waals surface area contributed by atoms with Crippen LogP contribution in [-0.2, 0) is 12.0 Å². The molecule has 0 aliphatic carbocycles. The number of para-hydroxylation sites is 1. The molecule has 1 atom stereocenters. The summed E-state index contributed by atoms with van der Waals surface area (Å²) < 4.78 is 18.7. The number of benzene rings is 2. The minimum atomic E-state index is -0.704. The second-order valence-electron chi connectivity index (χ2n) is 5.03. The van der Waals surface area contributed by atoms with Crippen molar-refractivity contribution >= 4 is 11.6 Å². The van der Waals surface area contributed by atoms with Crippen molar-refractivity contribution in [2.75, 3.05) is 7.11 Å². The molecule has 2 aromatic rings. The van der Waals surface area contributed by atoms with Crippen molar-refractivity contribution in [1.82, 2.24) is 0 Å². The maximum atomic E-state index is 13.3. The highest BCUT2D eigenvalue weighted by molar-refractivity contribution is 6.31. The van der Waals surface area contributed by atoms with Crippen molar-refractivity contribution in [3.05, 3.63) is 64.4 Å². The molecule has 2 aromatic carbocycles. The molecule has 2 rings (SSSR count). The average molecular weight is 294 g/mol. The van der Waals surface area contributed by atoms with E-state index in [1.807, 2.05) is 31.2 Å². The van der Waals surface area contributed by atoms with Gasteiger partial charge in [0.2, 0.25) is 0 Å². The van der Waals surface area contributed by atoms with E-state index in [9.17, 15) is 4.39 Å². The molecule has 0 spiro atoms. The smallest absolute Gasteiger partial charge is 0.123 e. The predicted molar refractivity (Wildman–Crippen MR) is 79.6 cm³/mol. The summed E-state index contributed by atoms with van der Waals surface area (Å²) in [5.41, 5.74) is 7.25. The lowest BCUT2D eigenvalue weighted by Crippen LogP contribution is -2.36. The van der Waals surface area contributed by atoms with Crippen molar-refractivity contribution in [3.63, 3.8) is 0 Å². The third kappa shape index (κ3) is 3.11. The second-order valence-corrected chi connectivity index (χ2v) is 5.44. The van der Waals surface area contributed by atoms with Gasteiger partial charge in [-0.25, -0.2) is 4.39 Å². The zero-order valence-electron chi connectivity index (χ0n) is 11.5. The Morgan fingerprint density at radius 2 is 1.95 bits per heavy atom. The first-order valence-corrected chi connectivity index (χ1v) is 6.68. The fourth-order valence-electron chi connectivity index (χ4n) is 2.29. The topological polar surface area (TPSA) is 35.2 Å². The number of nitrogens with two attached hydrogens (primary N) is 1. The molecule has 0 radical (unpaired) electrons. The Morgan fingerprint density at radius 1 is 1.25 bits per heavy atom. The van der Waals surface area contributed by atoms with Crippen molar-refractivity contribution in [2.45, 2.75) is 18.9 Å². The average Bonchev–Trinajstić information content (AvgIpc) is 2.42. The van der Waals surface area contributed by atoms with Crippen LogP contribution in [0.3, 0.4) is 0 Å². The van der Waals surface area contributed by atoms with E-state index >= 15 is 0 Å². The van der Waals surface area contributed by atoms with Crippen LogP contribution in [0.25, 0.3) is 0 Å². The fourth-order valence-corrected chi connectivity index (χ4v) is 2.47. The van der Waals surface area contributed by atoms with Crippen LogP contribution in [0, 0.1) is 5.82 Å². The third-order valence-electron chi connectivity index (χ3n) is 3.29. The number of hydrogen-bond donors (Lipinski definition) is 1.